The second kappa shape index (κ2) is 7.11. The molecule has 5 heteroatoms. The van der Waals surface area contributed by atoms with E-state index in [0.717, 1.165) is 0 Å². The maximum Gasteiger partial charge on any atom is 0.254 e. The zero-order valence-corrected chi connectivity index (χ0v) is 13.2. The molecule has 1 atom stereocenters. The topological polar surface area (TPSA) is 58.6 Å². The van der Waals surface area contributed by atoms with Gasteiger partial charge in [0.15, 0.2) is 6.10 Å². The van der Waals surface area contributed by atoms with Gasteiger partial charge in [-0.15, -0.1) is 0 Å². The molecule has 4 nitrogen and oxygen atoms in total. The summed E-state index contributed by atoms with van der Waals surface area (Å²) in [6.07, 6.45) is -0.201. The first kappa shape index (κ1) is 16.6. The quantitative estimate of drug-likeness (QED) is 0.907. The van der Waals surface area contributed by atoms with Crippen molar-refractivity contribution in [1.29, 1.82) is 0 Å². The molecule has 0 radical (unpaired) electrons. The monoisotopic (exact) mass is 329 g/mol. The first-order valence-electron chi connectivity index (χ1n) is 8.00. The minimum atomic E-state index is -1.26. The van der Waals surface area contributed by atoms with Gasteiger partial charge in [-0.3, -0.25) is 4.79 Å². The number of rotatable bonds is 4. The summed E-state index contributed by atoms with van der Waals surface area (Å²) in [4.78, 5) is 12.6. The lowest BCUT2D eigenvalue weighted by Gasteiger charge is -2.39. The Bertz CT molecular complexity index is 699. The van der Waals surface area contributed by atoms with E-state index in [9.17, 15) is 14.3 Å². The van der Waals surface area contributed by atoms with Gasteiger partial charge in [0.05, 0.1) is 5.54 Å². The van der Waals surface area contributed by atoms with Gasteiger partial charge in [0.25, 0.3) is 5.91 Å². The Balaban J connectivity index is 1.86. The lowest BCUT2D eigenvalue weighted by atomic mass is 9.82. The fourth-order valence-corrected chi connectivity index (χ4v) is 3.08. The van der Waals surface area contributed by atoms with Crippen LogP contribution in [0.15, 0.2) is 54.6 Å². The molecule has 1 fully saturated rings. The lowest BCUT2D eigenvalue weighted by Crippen LogP contribution is -2.50. The minimum Gasteiger partial charge on any atom is -0.381 e. The molecular weight excluding hydrogens is 309 g/mol. The first-order chi connectivity index (χ1) is 11.6. The van der Waals surface area contributed by atoms with E-state index in [1.54, 1.807) is 36.4 Å². The Kier molecular flexibility index (Phi) is 4.92. The van der Waals surface area contributed by atoms with Gasteiger partial charge in [0.1, 0.15) is 5.82 Å². The smallest absolute Gasteiger partial charge is 0.254 e. The van der Waals surface area contributed by atoms with Crippen molar-refractivity contribution in [1.82, 2.24) is 5.32 Å². The van der Waals surface area contributed by atoms with Crippen molar-refractivity contribution >= 4 is 5.91 Å². The zero-order valence-electron chi connectivity index (χ0n) is 13.2. The Morgan fingerprint density at radius 1 is 1.12 bits per heavy atom. The van der Waals surface area contributed by atoms with Crippen LogP contribution < -0.4 is 5.32 Å². The van der Waals surface area contributed by atoms with Gasteiger partial charge < -0.3 is 15.2 Å². The van der Waals surface area contributed by atoms with Crippen LogP contribution in [-0.2, 0) is 15.1 Å². The molecule has 1 aliphatic heterocycles. The Morgan fingerprint density at radius 3 is 2.50 bits per heavy atom. The number of aliphatic hydroxyl groups is 1. The molecule has 1 amide bonds. The fraction of sp³-hybridized carbons (Fsp3) is 0.316. The van der Waals surface area contributed by atoms with Gasteiger partial charge in [0, 0.05) is 13.2 Å². The van der Waals surface area contributed by atoms with E-state index in [2.05, 4.69) is 5.32 Å². The lowest BCUT2D eigenvalue weighted by molar-refractivity contribution is -0.133. The van der Waals surface area contributed by atoms with Gasteiger partial charge >= 0.3 is 0 Å². The number of amides is 1. The first-order valence-corrected chi connectivity index (χ1v) is 8.00. The maximum atomic E-state index is 13.7. The van der Waals surface area contributed by atoms with E-state index in [0.29, 0.717) is 37.2 Å². The van der Waals surface area contributed by atoms with Crippen LogP contribution in [0.3, 0.4) is 0 Å². The van der Waals surface area contributed by atoms with Crippen molar-refractivity contribution in [3.8, 4) is 0 Å². The number of ether oxygens (including phenoxy) is 1. The Morgan fingerprint density at radius 2 is 1.83 bits per heavy atom. The minimum absolute atomic E-state index is 0.351. The van der Waals surface area contributed by atoms with Crippen molar-refractivity contribution in [2.75, 3.05) is 13.2 Å². The highest BCUT2D eigenvalue weighted by Crippen LogP contribution is 2.33. The van der Waals surface area contributed by atoms with Crippen molar-refractivity contribution in [3.63, 3.8) is 0 Å². The Labute approximate surface area is 140 Å². The van der Waals surface area contributed by atoms with Crippen LogP contribution in [0.1, 0.15) is 30.1 Å². The SMILES string of the molecule is O=C(NC1(c2cccc(F)c2)CCOCC1)C(O)c1ccccc1. The van der Waals surface area contributed by atoms with Crippen LogP contribution in [0.2, 0.25) is 0 Å². The molecule has 24 heavy (non-hydrogen) atoms. The van der Waals surface area contributed by atoms with E-state index in [-0.39, 0.29) is 5.82 Å². The zero-order chi connectivity index (χ0) is 17.0. The summed E-state index contributed by atoms with van der Waals surface area (Å²) in [5, 5.41) is 13.3. The molecule has 2 aromatic carbocycles. The third-order valence-electron chi connectivity index (χ3n) is 4.45. The van der Waals surface area contributed by atoms with E-state index in [4.69, 9.17) is 4.74 Å². The molecule has 0 bridgehead atoms. The summed E-state index contributed by atoms with van der Waals surface area (Å²) in [6.45, 7) is 0.941. The normalized spacial score (nSPS) is 17.9. The molecule has 1 unspecified atom stereocenters. The van der Waals surface area contributed by atoms with Crippen molar-refractivity contribution in [2.45, 2.75) is 24.5 Å². The van der Waals surface area contributed by atoms with E-state index < -0.39 is 17.6 Å². The van der Waals surface area contributed by atoms with Crippen molar-refractivity contribution in [3.05, 3.63) is 71.5 Å². The average Bonchev–Trinajstić information content (AvgIpc) is 2.62. The summed E-state index contributed by atoms with van der Waals surface area (Å²) < 4.78 is 19.1. The molecular formula is C19H20FNO3. The predicted octanol–water partition coefficient (Wildman–Crippen LogP) is 2.68. The average molecular weight is 329 g/mol. The van der Waals surface area contributed by atoms with Crippen LogP contribution in [0.25, 0.3) is 0 Å². The Hall–Kier alpha value is -2.24. The molecule has 3 rings (SSSR count). The largest absolute Gasteiger partial charge is 0.381 e. The van der Waals surface area contributed by atoms with E-state index >= 15 is 0 Å². The molecule has 0 aromatic heterocycles. The molecule has 126 valence electrons. The number of benzene rings is 2. The molecule has 1 heterocycles. The second-order valence-electron chi connectivity index (χ2n) is 6.01. The number of nitrogens with one attached hydrogen (secondary N) is 1. The van der Waals surface area contributed by atoms with Crippen molar-refractivity contribution in [2.24, 2.45) is 0 Å². The molecule has 1 saturated heterocycles. The number of carbonyl (C=O) groups is 1. The summed E-state index contributed by atoms with van der Waals surface area (Å²) in [5.74, 6) is -0.844. The molecule has 0 aliphatic carbocycles. The van der Waals surface area contributed by atoms with Gasteiger partial charge in [-0.1, -0.05) is 42.5 Å². The summed E-state index contributed by atoms with van der Waals surface area (Å²) in [6, 6.07) is 15.0. The summed E-state index contributed by atoms with van der Waals surface area (Å²) in [5.41, 5.74) is 0.489. The van der Waals surface area contributed by atoms with Crippen LogP contribution >= 0.6 is 0 Å². The molecule has 2 N–H and O–H groups in total. The highest BCUT2D eigenvalue weighted by molar-refractivity contribution is 5.82. The molecule has 0 spiro atoms. The number of carbonyl (C=O) groups excluding carboxylic acids is 1. The summed E-state index contributed by atoms with van der Waals surface area (Å²) in [7, 11) is 0. The van der Waals surface area contributed by atoms with Gasteiger partial charge in [-0.25, -0.2) is 4.39 Å². The standard InChI is InChI=1S/C19H20FNO3/c20-16-8-4-7-15(13-16)19(9-11-24-12-10-19)21-18(23)17(22)14-5-2-1-3-6-14/h1-8,13,17,22H,9-12H2,(H,21,23). The number of aliphatic hydroxyl groups excluding tert-OH is 1. The second-order valence-corrected chi connectivity index (χ2v) is 6.01. The van der Waals surface area contributed by atoms with Gasteiger partial charge in [0.2, 0.25) is 0 Å². The molecule has 2 aromatic rings. The van der Waals surface area contributed by atoms with E-state index in [1.165, 1.54) is 12.1 Å². The van der Waals surface area contributed by atoms with E-state index in [1.807, 2.05) is 6.07 Å². The van der Waals surface area contributed by atoms with Gasteiger partial charge in [-0.05, 0) is 36.1 Å². The van der Waals surface area contributed by atoms with Crippen LogP contribution in [0.5, 0.6) is 0 Å². The third-order valence-corrected chi connectivity index (χ3v) is 4.45. The number of hydrogen-bond donors (Lipinski definition) is 2. The predicted molar refractivity (Wildman–Crippen MR) is 87.7 cm³/mol. The third kappa shape index (κ3) is 3.47. The summed E-state index contributed by atoms with van der Waals surface area (Å²) >= 11 is 0. The fourth-order valence-electron chi connectivity index (χ4n) is 3.08. The highest BCUT2D eigenvalue weighted by Gasteiger charge is 2.37. The number of hydrogen-bond acceptors (Lipinski definition) is 3. The van der Waals surface area contributed by atoms with Crippen LogP contribution in [-0.4, -0.2) is 24.2 Å². The number of halogens is 1. The van der Waals surface area contributed by atoms with Crippen LogP contribution in [0, 0.1) is 5.82 Å². The molecule has 1 aliphatic rings. The van der Waals surface area contributed by atoms with Crippen LogP contribution in [0.4, 0.5) is 4.39 Å². The van der Waals surface area contributed by atoms with Crippen molar-refractivity contribution < 1.29 is 19.0 Å². The molecule has 0 saturated carbocycles. The van der Waals surface area contributed by atoms with Gasteiger partial charge in [-0.2, -0.15) is 0 Å². The highest BCUT2D eigenvalue weighted by atomic mass is 19.1. The maximum absolute atomic E-state index is 13.7.